The molecule has 0 unspecified atom stereocenters. The highest BCUT2D eigenvalue weighted by molar-refractivity contribution is 5.74. The molecular weight excluding hydrogens is 192 g/mol. The van der Waals surface area contributed by atoms with Crippen LogP contribution in [0.15, 0.2) is 0 Å². The van der Waals surface area contributed by atoms with Gasteiger partial charge in [-0.1, -0.05) is 0 Å². The molecule has 0 aliphatic heterocycles. The largest absolute Gasteiger partial charge is 0.394 e. The molecule has 0 radical (unpaired) electrons. The van der Waals surface area contributed by atoms with Gasteiger partial charge in [0.1, 0.15) is 0 Å². The Morgan fingerprint density at radius 1 is 1.27 bits per heavy atom. The molecule has 0 saturated heterocycles. The van der Waals surface area contributed by atoms with Crippen LogP contribution in [0, 0.1) is 11.8 Å². The number of urea groups is 1. The molecule has 0 bridgehead atoms. The molecule has 15 heavy (non-hydrogen) atoms. The van der Waals surface area contributed by atoms with E-state index in [1.165, 1.54) is 25.7 Å². The fourth-order valence-electron chi connectivity index (χ4n) is 1.99. The monoisotopic (exact) mass is 212 g/mol. The van der Waals surface area contributed by atoms with Gasteiger partial charge in [0.15, 0.2) is 0 Å². The molecule has 1 atom stereocenters. The number of carbonyl (C=O) groups excluding carboxylic acids is 1. The second-order valence-corrected chi connectivity index (χ2v) is 4.90. The zero-order chi connectivity index (χ0) is 10.8. The van der Waals surface area contributed by atoms with E-state index >= 15 is 0 Å². The first-order chi connectivity index (χ1) is 7.20. The van der Waals surface area contributed by atoms with Crippen LogP contribution in [-0.2, 0) is 0 Å². The summed E-state index contributed by atoms with van der Waals surface area (Å²) < 4.78 is 0. The molecule has 0 aromatic rings. The molecule has 2 rings (SSSR count). The Kier molecular flexibility index (Phi) is 3.14. The van der Waals surface area contributed by atoms with Crippen molar-refractivity contribution in [2.45, 2.75) is 44.7 Å². The van der Waals surface area contributed by atoms with Gasteiger partial charge in [0.2, 0.25) is 0 Å². The standard InChI is InChI=1S/C11H20N2O2/c1-7(6-14)12-11(15)13-10(8-2-3-8)9-4-5-9/h7-10,14H,2-6H2,1H3,(H2,12,13,15)/t7-/m0/s1. The minimum atomic E-state index is -0.163. The van der Waals surface area contributed by atoms with Gasteiger partial charge < -0.3 is 15.7 Å². The van der Waals surface area contributed by atoms with E-state index in [2.05, 4.69) is 10.6 Å². The Hall–Kier alpha value is -0.770. The average molecular weight is 212 g/mol. The Morgan fingerprint density at radius 3 is 2.20 bits per heavy atom. The van der Waals surface area contributed by atoms with Gasteiger partial charge in [-0.15, -0.1) is 0 Å². The first-order valence-electron chi connectivity index (χ1n) is 5.88. The molecule has 0 aromatic heterocycles. The minimum Gasteiger partial charge on any atom is -0.394 e. The van der Waals surface area contributed by atoms with Crippen molar-refractivity contribution in [1.29, 1.82) is 0 Å². The van der Waals surface area contributed by atoms with Gasteiger partial charge in [-0.2, -0.15) is 0 Å². The quantitative estimate of drug-likeness (QED) is 0.633. The molecule has 2 saturated carbocycles. The summed E-state index contributed by atoms with van der Waals surface area (Å²) in [7, 11) is 0. The number of rotatable bonds is 5. The summed E-state index contributed by atoms with van der Waals surface area (Å²) in [6.45, 7) is 1.79. The zero-order valence-electron chi connectivity index (χ0n) is 9.20. The highest BCUT2D eigenvalue weighted by Crippen LogP contribution is 2.44. The molecule has 4 nitrogen and oxygen atoms in total. The lowest BCUT2D eigenvalue weighted by Crippen LogP contribution is -2.47. The molecule has 0 aromatic carbocycles. The van der Waals surface area contributed by atoms with Gasteiger partial charge in [-0.3, -0.25) is 0 Å². The lowest BCUT2D eigenvalue weighted by molar-refractivity contribution is 0.214. The van der Waals surface area contributed by atoms with Crippen molar-refractivity contribution >= 4 is 6.03 Å². The summed E-state index contributed by atoms with van der Waals surface area (Å²) in [5, 5.41) is 14.6. The van der Waals surface area contributed by atoms with Crippen molar-refractivity contribution in [3.63, 3.8) is 0 Å². The number of hydrogen-bond donors (Lipinski definition) is 3. The number of nitrogens with one attached hydrogen (secondary N) is 2. The molecule has 0 heterocycles. The van der Waals surface area contributed by atoms with Crippen molar-refractivity contribution in [3.8, 4) is 0 Å². The van der Waals surface area contributed by atoms with E-state index in [1.807, 2.05) is 0 Å². The van der Waals surface area contributed by atoms with Gasteiger partial charge in [0.05, 0.1) is 12.6 Å². The zero-order valence-corrected chi connectivity index (χ0v) is 9.20. The number of amides is 2. The number of aliphatic hydroxyl groups is 1. The van der Waals surface area contributed by atoms with Gasteiger partial charge in [0.25, 0.3) is 0 Å². The van der Waals surface area contributed by atoms with Crippen molar-refractivity contribution in [3.05, 3.63) is 0 Å². The summed E-state index contributed by atoms with van der Waals surface area (Å²) in [5.74, 6) is 1.43. The van der Waals surface area contributed by atoms with Gasteiger partial charge in [0, 0.05) is 6.04 Å². The highest BCUT2D eigenvalue weighted by atomic mass is 16.3. The van der Waals surface area contributed by atoms with E-state index in [4.69, 9.17) is 5.11 Å². The fraction of sp³-hybridized carbons (Fsp3) is 0.909. The van der Waals surface area contributed by atoms with E-state index in [1.54, 1.807) is 6.92 Å². The number of aliphatic hydroxyl groups excluding tert-OH is 1. The fourth-order valence-corrected chi connectivity index (χ4v) is 1.99. The topological polar surface area (TPSA) is 61.4 Å². The van der Waals surface area contributed by atoms with Crippen LogP contribution in [-0.4, -0.2) is 29.8 Å². The lowest BCUT2D eigenvalue weighted by atomic mass is 10.1. The Balaban J connectivity index is 1.75. The van der Waals surface area contributed by atoms with E-state index in [0.29, 0.717) is 17.9 Å². The van der Waals surface area contributed by atoms with Crippen LogP contribution in [0.5, 0.6) is 0 Å². The van der Waals surface area contributed by atoms with Crippen molar-refractivity contribution < 1.29 is 9.90 Å². The van der Waals surface area contributed by atoms with Crippen LogP contribution in [0.4, 0.5) is 4.79 Å². The first kappa shape index (κ1) is 10.7. The van der Waals surface area contributed by atoms with Crippen molar-refractivity contribution in [1.82, 2.24) is 10.6 Å². The third kappa shape index (κ3) is 3.09. The highest BCUT2D eigenvalue weighted by Gasteiger charge is 2.42. The van der Waals surface area contributed by atoms with Crippen molar-refractivity contribution in [2.75, 3.05) is 6.61 Å². The maximum absolute atomic E-state index is 11.6. The Morgan fingerprint density at radius 2 is 1.80 bits per heavy atom. The molecule has 2 aliphatic rings. The van der Waals surface area contributed by atoms with E-state index in [9.17, 15) is 4.79 Å². The summed E-state index contributed by atoms with van der Waals surface area (Å²) in [6, 6.07) is 0.0975. The summed E-state index contributed by atoms with van der Waals surface area (Å²) in [4.78, 5) is 11.6. The third-order valence-corrected chi connectivity index (χ3v) is 3.21. The maximum Gasteiger partial charge on any atom is 0.315 e. The second kappa shape index (κ2) is 4.39. The minimum absolute atomic E-state index is 0.00898. The number of hydrogen-bond acceptors (Lipinski definition) is 2. The van der Waals surface area contributed by atoms with Crippen LogP contribution in [0.1, 0.15) is 32.6 Å². The van der Waals surface area contributed by atoms with Gasteiger partial charge >= 0.3 is 6.03 Å². The molecule has 2 fully saturated rings. The van der Waals surface area contributed by atoms with Crippen LogP contribution in [0.2, 0.25) is 0 Å². The SMILES string of the molecule is C[C@@H](CO)NC(=O)NC(C1CC1)C1CC1. The molecule has 86 valence electrons. The van der Waals surface area contributed by atoms with Crippen LogP contribution in [0.3, 0.4) is 0 Å². The maximum atomic E-state index is 11.6. The first-order valence-corrected chi connectivity index (χ1v) is 5.88. The summed E-state index contributed by atoms with van der Waals surface area (Å²) in [6.07, 6.45) is 5.04. The van der Waals surface area contributed by atoms with Crippen LogP contribution in [0.25, 0.3) is 0 Å². The predicted octanol–water partition coefficient (Wildman–Crippen LogP) is 0.855. The van der Waals surface area contributed by atoms with E-state index in [-0.39, 0.29) is 18.7 Å². The third-order valence-electron chi connectivity index (χ3n) is 3.21. The molecule has 3 N–H and O–H groups in total. The van der Waals surface area contributed by atoms with E-state index < -0.39 is 0 Å². The van der Waals surface area contributed by atoms with Crippen LogP contribution >= 0.6 is 0 Å². The smallest absolute Gasteiger partial charge is 0.315 e. The Bertz CT molecular complexity index is 225. The molecule has 4 heteroatoms. The second-order valence-electron chi connectivity index (χ2n) is 4.90. The molecule has 2 amide bonds. The lowest BCUT2D eigenvalue weighted by Gasteiger charge is -2.19. The normalized spacial score (nSPS) is 22.6. The van der Waals surface area contributed by atoms with E-state index in [0.717, 1.165) is 0 Å². The Labute approximate surface area is 90.4 Å². The summed E-state index contributed by atoms with van der Waals surface area (Å²) in [5.41, 5.74) is 0. The molecule has 0 spiro atoms. The summed E-state index contributed by atoms with van der Waals surface area (Å²) >= 11 is 0. The van der Waals surface area contributed by atoms with Crippen molar-refractivity contribution in [2.24, 2.45) is 11.8 Å². The average Bonchev–Trinajstić information content (AvgIpc) is 3.02. The van der Waals surface area contributed by atoms with Gasteiger partial charge in [-0.05, 0) is 44.4 Å². The molecular formula is C11H20N2O2. The predicted molar refractivity (Wildman–Crippen MR) is 57.5 cm³/mol. The molecule has 2 aliphatic carbocycles. The van der Waals surface area contributed by atoms with Gasteiger partial charge in [-0.25, -0.2) is 4.79 Å². The number of carbonyl (C=O) groups is 1. The van der Waals surface area contributed by atoms with Crippen LogP contribution < -0.4 is 10.6 Å².